The van der Waals surface area contributed by atoms with Crippen LogP contribution in [0.5, 0.6) is 0 Å². The average molecular weight is 256 g/mol. The van der Waals surface area contributed by atoms with Crippen LogP contribution in [0.1, 0.15) is 29.8 Å². The summed E-state index contributed by atoms with van der Waals surface area (Å²) in [6.07, 6.45) is 1.29. The van der Waals surface area contributed by atoms with Crippen LogP contribution in [-0.2, 0) is 6.54 Å². The maximum absolute atomic E-state index is 9.44. The van der Waals surface area contributed by atoms with Gasteiger partial charge in [-0.15, -0.1) is 0 Å². The normalized spacial score (nSPS) is 12.2. The first-order valence-corrected chi connectivity index (χ1v) is 6.47. The van der Waals surface area contributed by atoms with Crippen LogP contribution < -0.4 is 4.90 Å². The highest BCUT2D eigenvalue weighted by atomic mass is 16.3. The van der Waals surface area contributed by atoms with Crippen LogP contribution in [0.15, 0.2) is 42.6 Å². The van der Waals surface area contributed by atoms with Crippen molar-refractivity contribution < 1.29 is 5.11 Å². The molecule has 0 aliphatic heterocycles. The molecule has 0 aliphatic rings. The zero-order chi connectivity index (χ0) is 13.8. The molecule has 1 heterocycles. The van der Waals surface area contributed by atoms with Crippen molar-refractivity contribution in [2.24, 2.45) is 0 Å². The Balaban J connectivity index is 2.09. The van der Waals surface area contributed by atoms with Crippen LogP contribution in [0.2, 0.25) is 0 Å². The van der Waals surface area contributed by atoms with Crippen LogP contribution >= 0.6 is 0 Å². The van der Waals surface area contributed by atoms with Crippen molar-refractivity contribution in [1.82, 2.24) is 4.98 Å². The van der Waals surface area contributed by atoms with Crippen molar-refractivity contribution in [2.75, 3.05) is 11.9 Å². The largest absolute Gasteiger partial charge is 0.387 e. The molecule has 1 atom stereocenters. The highest BCUT2D eigenvalue weighted by molar-refractivity contribution is 5.44. The van der Waals surface area contributed by atoms with E-state index in [0.29, 0.717) is 5.69 Å². The molecule has 1 aromatic carbocycles. The fourth-order valence-electron chi connectivity index (χ4n) is 2.05. The van der Waals surface area contributed by atoms with Gasteiger partial charge in [0, 0.05) is 13.6 Å². The van der Waals surface area contributed by atoms with E-state index in [0.717, 1.165) is 12.2 Å². The molecule has 3 heteroatoms. The van der Waals surface area contributed by atoms with E-state index in [-0.39, 0.29) is 0 Å². The summed E-state index contributed by atoms with van der Waals surface area (Å²) >= 11 is 0. The second-order valence-electron chi connectivity index (χ2n) is 4.96. The van der Waals surface area contributed by atoms with Crippen molar-refractivity contribution in [3.63, 3.8) is 0 Å². The maximum atomic E-state index is 9.44. The van der Waals surface area contributed by atoms with Gasteiger partial charge >= 0.3 is 0 Å². The van der Waals surface area contributed by atoms with Crippen molar-refractivity contribution in [3.05, 3.63) is 59.4 Å². The Labute approximate surface area is 114 Å². The summed E-state index contributed by atoms with van der Waals surface area (Å²) in [5.74, 6) is 0. The molecule has 1 N–H and O–H groups in total. The summed E-state index contributed by atoms with van der Waals surface area (Å²) in [6.45, 7) is 4.67. The number of hydrogen-bond donors (Lipinski definition) is 1. The molecule has 100 valence electrons. The number of aliphatic hydroxyl groups excluding tert-OH is 1. The van der Waals surface area contributed by atoms with Gasteiger partial charge < -0.3 is 10.0 Å². The lowest BCUT2D eigenvalue weighted by Gasteiger charge is -2.19. The van der Waals surface area contributed by atoms with E-state index >= 15 is 0 Å². The molecule has 2 aromatic rings. The van der Waals surface area contributed by atoms with Gasteiger partial charge in [0.05, 0.1) is 23.7 Å². The molecular weight excluding hydrogens is 236 g/mol. The van der Waals surface area contributed by atoms with Crippen molar-refractivity contribution >= 4 is 5.69 Å². The number of rotatable bonds is 4. The molecule has 0 saturated carbocycles. The minimum absolute atomic E-state index is 0.517. The smallest absolute Gasteiger partial charge is 0.0931 e. The Hall–Kier alpha value is -1.87. The van der Waals surface area contributed by atoms with E-state index in [1.54, 1.807) is 13.1 Å². The lowest BCUT2D eigenvalue weighted by atomic mass is 10.1. The predicted octanol–water partition coefficient (Wildman–Crippen LogP) is 3.08. The summed E-state index contributed by atoms with van der Waals surface area (Å²) in [5, 5.41) is 9.44. The standard InChI is InChI=1S/C16H20N2O/c1-12-5-4-6-14(9-12)11-18(3)15-7-8-16(13(2)19)17-10-15/h4-10,13,19H,11H2,1-3H3/t13-/m0/s1. The second kappa shape index (κ2) is 5.85. The Morgan fingerprint density at radius 2 is 2.05 bits per heavy atom. The molecule has 19 heavy (non-hydrogen) atoms. The number of aromatic nitrogens is 1. The van der Waals surface area contributed by atoms with Gasteiger partial charge in [-0.1, -0.05) is 29.8 Å². The number of nitrogens with zero attached hydrogens (tertiary/aromatic N) is 2. The maximum Gasteiger partial charge on any atom is 0.0931 e. The SMILES string of the molecule is Cc1cccc(CN(C)c2ccc([C@H](C)O)nc2)c1. The second-order valence-corrected chi connectivity index (χ2v) is 4.96. The van der Waals surface area contributed by atoms with Crippen molar-refractivity contribution in [2.45, 2.75) is 26.5 Å². The third-order valence-electron chi connectivity index (χ3n) is 3.14. The first-order chi connectivity index (χ1) is 9.06. The molecule has 1 aromatic heterocycles. The molecule has 0 radical (unpaired) electrons. The molecule has 0 unspecified atom stereocenters. The fraction of sp³-hybridized carbons (Fsp3) is 0.312. The highest BCUT2D eigenvalue weighted by Crippen LogP contribution is 2.17. The van der Waals surface area contributed by atoms with E-state index in [4.69, 9.17) is 0 Å². The minimum atomic E-state index is -0.517. The number of benzene rings is 1. The Bertz CT molecular complexity index is 535. The number of aryl methyl sites for hydroxylation is 1. The van der Waals surface area contributed by atoms with Crippen molar-refractivity contribution in [1.29, 1.82) is 0 Å². The molecular formula is C16H20N2O. The molecule has 0 bridgehead atoms. The average Bonchev–Trinajstić information content (AvgIpc) is 2.39. The van der Waals surface area contributed by atoms with Gasteiger partial charge in [-0.3, -0.25) is 4.98 Å². The van der Waals surface area contributed by atoms with Crippen LogP contribution in [0.4, 0.5) is 5.69 Å². The molecule has 0 aliphatic carbocycles. The van der Waals surface area contributed by atoms with E-state index in [1.165, 1.54) is 11.1 Å². The quantitative estimate of drug-likeness (QED) is 0.913. The van der Waals surface area contributed by atoms with Gasteiger partial charge in [-0.2, -0.15) is 0 Å². The van der Waals surface area contributed by atoms with Gasteiger partial charge in [0.25, 0.3) is 0 Å². The third-order valence-corrected chi connectivity index (χ3v) is 3.14. The molecule has 0 amide bonds. The summed E-state index contributed by atoms with van der Waals surface area (Å²) in [5.41, 5.74) is 4.30. The predicted molar refractivity (Wildman–Crippen MR) is 78.2 cm³/mol. The van der Waals surface area contributed by atoms with E-state index in [1.807, 2.05) is 19.2 Å². The van der Waals surface area contributed by atoms with Crippen LogP contribution in [0.25, 0.3) is 0 Å². The number of pyridine rings is 1. The zero-order valence-electron chi connectivity index (χ0n) is 11.7. The first kappa shape index (κ1) is 13.6. The van der Waals surface area contributed by atoms with Gasteiger partial charge in [0.15, 0.2) is 0 Å². The van der Waals surface area contributed by atoms with Gasteiger partial charge in [0.2, 0.25) is 0 Å². The molecule has 2 rings (SSSR count). The molecule has 0 fully saturated rings. The van der Waals surface area contributed by atoms with E-state index in [2.05, 4.69) is 41.1 Å². The van der Waals surface area contributed by atoms with Gasteiger partial charge in [0.1, 0.15) is 0 Å². The highest BCUT2D eigenvalue weighted by Gasteiger charge is 2.05. The number of hydrogen-bond acceptors (Lipinski definition) is 3. The van der Waals surface area contributed by atoms with Crippen molar-refractivity contribution in [3.8, 4) is 0 Å². The topological polar surface area (TPSA) is 36.4 Å². The molecule has 0 spiro atoms. The summed E-state index contributed by atoms with van der Waals surface area (Å²) < 4.78 is 0. The van der Waals surface area contributed by atoms with Gasteiger partial charge in [-0.25, -0.2) is 0 Å². The Morgan fingerprint density at radius 3 is 2.63 bits per heavy atom. The lowest BCUT2D eigenvalue weighted by molar-refractivity contribution is 0.194. The van der Waals surface area contributed by atoms with Gasteiger partial charge in [-0.05, 0) is 31.5 Å². The summed E-state index contributed by atoms with van der Waals surface area (Å²) in [7, 11) is 2.04. The van der Waals surface area contributed by atoms with Crippen LogP contribution in [-0.4, -0.2) is 17.1 Å². The Morgan fingerprint density at radius 1 is 1.26 bits per heavy atom. The molecule has 0 saturated heterocycles. The first-order valence-electron chi connectivity index (χ1n) is 6.47. The summed E-state index contributed by atoms with van der Waals surface area (Å²) in [6, 6.07) is 12.3. The van der Waals surface area contributed by atoms with E-state index in [9.17, 15) is 5.11 Å². The number of anilines is 1. The monoisotopic (exact) mass is 256 g/mol. The van der Waals surface area contributed by atoms with Crippen LogP contribution in [0.3, 0.4) is 0 Å². The van der Waals surface area contributed by atoms with Crippen LogP contribution in [0, 0.1) is 6.92 Å². The number of aliphatic hydroxyl groups is 1. The zero-order valence-corrected chi connectivity index (χ0v) is 11.7. The minimum Gasteiger partial charge on any atom is -0.387 e. The Kier molecular flexibility index (Phi) is 4.17. The molecule has 3 nitrogen and oxygen atoms in total. The fourth-order valence-corrected chi connectivity index (χ4v) is 2.05. The third kappa shape index (κ3) is 3.55. The van der Waals surface area contributed by atoms with E-state index < -0.39 is 6.10 Å². The lowest BCUT2D eigenvalue weighted by Crippen LogP contribution is -2.16. The summed E-state index contributed by atoms with van der Waals surface area (Å²) in [4.78, 5) is 6.41.